The van der Waals surface area contributed by atoms with Gasteiger partial charge in [-0.1, -0.05) is 0 Å². The van der Waals surface area contributed by atoms with Gasteiger partial charge in [-0.25, -0.2) is 14.6 Å². The molecule has 3 rings (SSSR count). The van der Waals surface area contributed by atoms with Gasteiger partial charge in [-0.2, -0.15) is 5.10 Å². The highest BCUT2D eigenvalue weighted by Crippen LogP contribution is 2.20. The Morgan fingerprint density at radius 3 is 2.90 bits per heavy atom. The number of hydrogen-bond donors (Lipinski definition) is 1. The molecule has 0 bridgehead atoms. The second-order valence-electron chi connectivity index (χ2n) is 5.41. The minimum absolute atomic E-state index is 0.292. The van der Waals surface area contributed by atoms with Gasteiger partial charge >= 0.3 is 0 Å². The quantitative estimate of drug-likeness (QED) is 0.774. The second kappa shape index (κ2) is 5.65. The normalized spacial score (nSPS) is 11.6. The minimum atomic E-state index is 0.292. The van der Waals surface area contributed by atoms with Gasteiger partial charge < -0.3 is 10.3 Å². The van der Waals surface area contributed by atoms with Gasteiger partial charge in [0.05, 0.1) is 6.54 Å². The molecule has 0 fully saturated rings. The molecule has 0 radical (unpaired) electrons. The van der Waals surface area contributed by atoms with Crippen molar-refractivity contribution in [3.05, 3.63) is 42.2 Å². The molecule has 6 heteroatoms. The van der Waals surface area contributed by atoms with Crippen molar-refractivity contribution in [2.75, 3.05) is 6.54 Å². The van der Waals surface area contributed by atoms with E-state index >= 15 is 0 Å². The summed E-state index contributed by atoms with van der Waals surface area (Å²) in [6.45, 7) is 5.50. The lowest BCUT2D eigenvalue weighted by Gasteiger charge is -2.10. The molecule has 0 unspecified atom stereocenters. The Balaban J connectivity index is 2.02. The van der Waals surface area contributed by atoms with Crippen molar-refractivity contribution in [3.63, 3.8) is 0 Å². The first-order valence-corrected chi connectivity index (χ1v) is 7.22. The number of aromatic nitrogens is 5. The average Bonchev–Trinajstić information content (AvgIpc) is 3.06. The van der Waals surface area contributed by atoms with Crippen molar-refractivity contribution in [1.29, 1.82) is 0 Å². The van der Waals surface area contributed by atoms with E-state index in [1.165, 1.54) is 10.9 Å². The number of fused-ring (bicyclic) bond motifs is 1. The van der Waals surface area contributed by atoms with E-state index in [2.05, 4.69) is 45.7 Å². The minimum Gasteiger partial charge on any atom is -0.330 e. The predicted molar refractivity (Wildman–Crippen MR) is 82.0 cm³/mol. The smallest absolute Gasteiger partial charge is 0.147 e. The molecule has 3 heterocycles. The lowest BCUT2D eigenvalue weighted by atomic mass is 10.2. The zero-order valence-corrected chi connectivity index (χ0v) is 12.4. The lowest BCUT2D eigenvalue weighted by molar-refractivity contribution is 0.497. The van der Waals surface area contributed by atoms with Crippen LogP contribution < -0.4 is 5.73 Å². The third-order valence-electron chi connectivity index (χ3n) is 3.58. The van der Waals surface area contributed by atoms with E-state index in [1.807, 2.05) is 16.9 Å². The van der Waals surface area contributed by atoms with Gasteiger partial charge in [0.25, 0.3) is 0 Å². The molecular weight excluding hydrogens is 264 g/mol. The molecule has 0 aromatic carbocycles. The highest BCUT2D eigenvalue weighted by molar-refractivity contribution is 5.80. The van der Waals surface area contributed by atoms with E-state index in [1.54, 1.807) is 6.33 Å². The van der Waals surface area contributed by atoms with Crippen LogP contribution in [0.1, 0.15) is 31.3 Å². The van der Waals surface area contributed by atoms with Crippen LogP contribution in [0.25, 0.3) is 11.0 Å². The van der Waals surface area contributed by atoms with Crippen LogP contribution in [0.15, 0.2) is 30.9 Å². The van der Waals surface area contributed by atoms with Gasteiger partial charge in [0, 0.05) is 23.8 Å². The summed E-state index contributed by atoms with van der Waals surface area (Å²) in [7, 11) is 0. The molecule has 0 aliphatic carbocycles. The third kappa shape index (κ3) is 2.54. The monoisotopic (exact) mass is 284 g/mol. The summed E-state index contributed by atoms with van der Waals surface area (Å²) in [6.07, 6.45) is 6.41. The van der Waals surface area contributed by atoms with Gasteiger partial charge in [-0.3, -0.25) is 0 Å². The maximum atomic E-state index is 5.70. The summed E-state index contributed by atoms with van der Waals surface area (Å²) < 4.78 is 4.07. The van der Waals surface area contributed by atoms with Crippen molar-refractivity contribution in [3.8, 4) is 0 Å². The van der Waals surface area contributed by atoms with Gasteiger partial charge in [0.1, 0.15) is 17.8 Å². The highest BCUT2D eigenvalue weighted by atomic mass is 15.4. The number of nitrogens with zero attached hydrogens (tertiary/aromatic N) is 5. The Hall–Kier alpha value is -2.21. The lowest BCUT2D eigenvalue weighted by Crippen LogP contribution is -2.11. The average molecular weight is 284 g/mol. The molecule has 3 aromatic rings. The molecule has 21 heavy (non-hydrogen) atoms. The molecule has 2 N–H and O–H groups in total. The van der Waals surface area contributed by atoms with Crippen LogP contribution in [-0.4, -0.2) is 30.9 Å². The predicted octanol–water partition coefficient (Wildman–Crippen LogP) is 1.76. The van der Waals surface area contributed by atoms with Gasteiger partial charge in [-0.15, -0.1) is 0 Å². The highest BCUT2D eigenvalue weighted by Gasteiger charge is 2.13. The SMILES string of the molecule is CC(C)n1ncnc1Cn1cc(CCN)c2cccnc21. The standard InChI is InChI=1S/C15H20N6/c1-11(2)21-14(18-10-19-21)9-20-8-12(5-6-16)13-4-3-7-17-15(13)20/h3-4,7-8,10-11H,5-6,9,16H2,1-2H3. The first-order valence-electron chi connectivity index (χ1n) is 7.22. The van der Waals surface area contributed by atoms with E-state index in [-0.39, 0.29) is 0 Å². The van der Waals surface area contributed by atoms with E-state index in [9.17, 15) is 0 Å². The first-order chi connectivity index (χ1) is 10.2. The molecule has 3 aromatic heterocycles. The van der Waals surface area contributed by atoms with Crippen LogP contribution in [0, 0.1) is 0 Å². The van der Waals surface area contributed by atoms with Crippen LogP contribution in [0.2, 0.25) is 0 Å². The zero-order chi connectivity index (χ0) is 14.8. The van der Waals surface area contributed by atoms with Crippen LogP contribution >= 0.6 is 0 Å². The Morgan fingerprint density at radius 1 is 1.29 bits per heavy atom. The summed E-state index contributed by atoms with van der Waals surface area (Å²) in [6, 6.07) is 4.35. The Morgan fingerprint density at radius 2 is 2.14 bits per heavy atom. The van der Waals surface area contributed by atoms with Gasteiger partial charge in [0.15, 0.2) is 0 Å². The summed E-state index contributed by atoms with van der Waals surface area (Å²) in [5, 5.41) is 5.45. The Labute approximate surface area is 123 Å². The molecular formula is C15H20N6. The molecule has 0 saturated heterocycles. The second-order valence-corrected chi connectivity index (χ2v) is 5.41. The topological polar surface area (TPSA) is 74.5 Å². The van der Waals surface area contributed by atoms with Crippen molar-refractivity contribution < 1.29 is 0 Å². The maximum Gasteiger partial charge on any atom is 0.147 e. The molecule has 0 amide bonds. The van der Waals surface area contributed by atoms with Crippen LogP contribution in [0.4, 0.5) is 0 Å². The van der Waals surface area contributed by atoms with E-state index in [4.69, 9.17) is 5.73 Å². The van der Waals surface area contributed by atoms with Crippen molar-refractivity contribution in [2.45, 2.75) is 32.9 Å². The fraction of sp³-hybridized carbons (Fsp3) is 0.400. The van der Waals surface area contributed by atoms with Crippen LogP contribution in [0.3, 0.4) is 0 Å². The molecule has 0 atom stereocenters. The molecule has 0 saturated carbocycles. The van der Waals surface area contributed by atoms with Crippen molar-refractivity contribution in [1.82, 2.24) is 24.3 Å². The maximum absolute atomic E-state index is 5.70. The fourth-order valence-corrected chi connectivity index (χ4v) is 2.64. The van der Waals surface area contributed by atoms with E-state index in [0.717, 1.165) is 17.9 Å². The summed E-state index contributed by atoms with van der Waals surface area (Å²) in [5.41, 5.74) is 7.91. The van der Waals surface area contributed by atoms with E-state index < -0.39 is 0 Å². The number of hydrogen-bond acceptors (Lipinski definition) is 4. The summed E-state index contributed by atoms with van der Waals surface area (Å²) in [4.78, 5) is 8.88. The van der Waals surface area contributed by atoms with Gasteiger partial charge in [-0.05, 0) is 44.5 Å². The summed E-state index contributed by atoms with van der Waals surface area (Å²) >= 11 is 0. The molecule has 6 nitrogen and oxygen atoms in total. The zero-order valence-electron chi connectivity index (χ0n) is 12.4. The number of rotatable bonds is 5. The number of pyridine rings is 1. The van der Waals surface area contributed by atoms with Crippen LogP contribution in [0.5, 0.6) is 0 Å². The van der Waals surface area contributed by atoms with Gasteiger partial charge in [0.2, 0.25) is 0 Å². The summed E-state index contributed by atoms with van der Waals surface area (Å²) in [5.74, 6) is 0.937. The van der Waals surface area contributed by atoms with E-state index in [0.29, 0.717) is 19.1 Å². The van der Waals surface area contributed by atoms with Crippen molar-refractivity contribution in [2.24, 2.45) is 5.73 Å². The first kappa shape index (κ1) is 13.8. The van der Waals surface area contributed by atoms with Crippen molar-refractivity contribution >= 4 is 11.0 Å². The number of nitrogens with two attached hydrogens (primary N) is 1. The molecule has 0 aliphatic rings. The third-order valence-corrected chi connectivity index (χ3v) is 3.58. The molecule has 0 aliphatic heterocycles. The van der Waals surface area contributed by atoms with Crippen LogP contribution in [-0.2, 0) is 13.0 Å². The Bertz CT molecular complexity index is 740. The largest absolute Gasteiger partial charge is 0.330 e. The Kier molecular flexibility index (Phi) is 3.70. The molecule has 110 valence electrons. The molecule has 0 spiro atoms. The fourth-order valence-electron chi connectivity index (χ4n) is 2.64.